The average Bonchev–Trinajstić information content (AvgIpc) is 2.86. The molecule has 3 rings (SSSR count). The fourth-order valence-electron chi connectivity index (χ4n) is 4.43. The molecule has 8 nitrogen and oxygen atoms in total. The van der Waals surface area contributed by atoms with E-state index < -0.39 is 22.0 Å². The van der Waals surface area contributed by atoms with Gasteiger partial charge in [-0.2, -0.15) is 4.31 Å². The molecule has 1 aliphatic rings. The monoisotopic (exact) mass is 549 g/mol. The maximum absolute atomic E-state index is 13.5. The van der Waals surface area contributed by atoms with Gasteiger partial charge < -0.3 is 15.3 Å². The Kier molecular flexibility index (Phi) is 10.5. The van der Waals surface area contributed by atoms with Crippen LogP contribution in [-0.2, 0) is 26.2 Å². The van der Waals surface area contributed by atoms with Crippen LogP contribution in [-0.4, -0.2) is 60.3 Å². The third-order valence-corrected chi connectivity index (χ3v) is 8.55. The second-order valence-electron chi connectivity index (χ2n) is 9.89. The van der Waals surface area contributed by atoms with Crippen molar-refractivity contribution in [1.29, 1.82) is 0 Å². The number of nitrogens with one attached hydrogen (secondary N) is 1. The van der Waals surface area contributed by atoms with Gasteiger partial charge in [-0.1, -0.05) is 44.0 Å². The molecule has 1 amide bonds. The van der Waals surface area contributed by atoms with Crippen LogP contribution in [0.3, 0.4) is 0 Å². The molecule has 37 heavy (non-hydrogen) atoms. The summed E-state index contributed by atoms with van der Waals surface area (Å²) in [5.41, 5.74) is 1.22. The molecule has 1 atom stereocenters. The molecule has 0 saturated carbocycles. The number of nitrogens with zero attached hydrogens (tertiary/aromatic N) is 2. The molecule has 10 heteroatoms. The van der Waals surface area contributed by atoms with Crippen LogP contribution in [0.5, 0.6) is 0 Å². The minimum atomic E-state index is -4.13. The highest BCUT2D eigenvalue weighted by molar-refractivity contribution is 7.89. The van der Waals surface area contributed by atoms with E-state index in [0.717, 1.165) is 23.9 Å². The van der Waals surface area contributed by atoms with Gasteiger partial charge in [-0.25, -0.2) is 8.42 Å². The van der Waals surface area contributed by atoms with Gasteiger partial charge in [0.1, 0.15) is 6.04 Å². The van der Waals surface area contributed by atoms with E-state index in [1.807, 2.05) is 13.8 Å². The maximum atomic E-state index is 13.5. The summed E-state index contributed by atoms with van der Waals surface area (Å²) >= 11 is 5.93. The highest BCUT2D eigenvalue weighted by atomic mass is 35.5. The van der Waals surface area contributed by atoms with E-state index in [0.29, 0.717) is 22.7 Å². The number of amides is 1. The molecular weight excluding hydrogens is 514 g/mol. The number of carboxylic acid groups (broad SMARTS) is 1. The number of sulfonamides is 1. The summed E-state index contributed by atoms with van der Waals surface area (Å²) in [6, 6.07) is 11.3. The Balaban J connectivity index is 1.74. The molecule has 0 bridgehead atoms. The van der Waals surface area contributed by atoms with Crippen LogP contribution in [0.1, 0.15) is 51.5 Å². The molecule has 0 aliphatic carbocycles. The molecule has 2 aromatic carbocycles. The number of aliphatic carboxylic acids is 1. The number of hydrogen-bond donors (Lipinski definition) is 2. The quantitative estimate of drug-likeness (QED) is 0.392. The van der Waals surface area contributed by atoms with Gasteiger partial charge in [-0.3, -0.25) is 9.59 Å². The van der Waals surface area contributed by atoms with Crippen molar-refractivity contribution in [3.8, 4) is 0 Å². The van der Waals surface area contributed by atoms with Crippen molar-refractivity contribution >= 4 is 39.2 Å². The maximum Gasteiger partial charge on any atom is 0.322 e. The number of hydrogen-bond acceptors (Lipinski definition) is 5. The summed E-state index contributed by atoms with van der Waals surface area (Å²) in [4.78, 5) is 26.8. The first-order chi connectivity index (χ1) is 17.6. The Morgan fingerprint density at radius 1 is 1.03 bits per heavy atom. The van der Waals surface area contributed by atoms with Crippen molar-refractivity contribution < 1.29 is 23.1 Å². The zero-order valence-electron chi connectivity index (χ0n) is 21.4. The number of halogens is 1. The Bertz CT molecular complexity index is 1150. The van der Waals surface area contributed by atoms with Gasteiger partial charge in [-0.05, 0) is 80.2 Å². The van der Waals surface area contributed by atoms with Crippen molar-refractivity contribution in [1.82, 2.24) is 9.21 Å². The van der Waals surface area contributed by atoms with Crippen molar-refractivity contribution in [2.24, 2.45) is 5.92 Å². The summed E-state index contributed by atoms with van der Waals surface area (Å²) < 4.78 is 28.1. The largest absolute Gasteiger partial charge is 0.480 e. The van der Waals surface area contributed by atoms with Gasteiger partial charge in [0.15, 0.2) is 0 Å². The fraction of sp³-hybridized carbons (Fsp3) is 0.481. The lowest BCUT2D eigenvalue weighted by Crippen LogP contribution is -2.45. The first-order valence-electron chi connectivity index (χ1n) is 12.7. The predicted molar refractivity (Wildman–Crippen MR) is 145 cm³/mol. The van der Waals surface area contributed by atoms with Crippen LogP contribution in [0.2, 0.25) is 5.02 Å². The van der Waals surface area contributed by atoms with E-state index >= 15 is 0 Å². The van der Waals surface area contributed by atoms with Gasteiger partial charge in [-0.15, -0.1) is 0 Å². The number of piperidine rings is 1. The minimum absolute atomic E-state index is 0.0236. The van der Waals surface area contributed by atoms with Crippen molar-refractivity contribution in [3.63, 3.8) is 0 Å². The van der Waals surface area contributed by atoms with E-state index in [-0.39, 0.29) is 29.7 Å². The van der Waals surface area contributed by atoms with E-state index in [9.17, 15) is 23.1 Å². The highest BCUT2D eigenvalue weighted by Gasteiger charge is 2.36. The van der Waals surface area contributed by atoms with Crippen molar-refractivity contribution in [2.45, 2.75) is 63.4 Å². The van der Waals surface area contributed by atoms with E-state index in [1.165, 1.54) is 43.5 Å². The van der Waals surface area contributed by atoms with Gasteiger partial charge in [0.2, 0.25) is 15.9 Å². The number of anilines is 1. The molecule has 1 fully saturated rings. The Hall–Kier alpha value is -2.46. The average molecular weight is 550 g/mol. The molecule has 0 aromatic heterocycles. The first kappa shape index (κ1) is 29.1. The number of rotatable bonds is 12. The number of carbonyl (C=O) groups is 2. The zero-order chi connectivity index (χ0) is 27.0. The van der Waals surface area contributed by atoms with Gasteiger partial charge in [0.25, 0.3) is 0 Å². The minimum Gasteiger partial charge on any atom is -0.480 e. The lowest BCUT2D eigenvalue weighted by Gasteiger charge is -2.29. The highest BCUT2D eigenvalue weighted by Crippen LogP contribution is 2.26. The van der Waals surface area contributed by atoms with Crippen molar-refractivity contribution in [2.75, 3.05) is 25.0 Å². The number of carboxylic acids is 1. The topological polar surface area (TPSA) is 107 Å². The van der Waals surface area contributed by atoms with E-state index in [2.05, 4.69) is 10.2 Å². The lowest BCUT2D eigenvalue weighted by molar-refractivity contribution is -0.142. The van der Waals surface area contributed by atoms with Gasteiger partial charge in [0.05, 0.1) is 4.90 Å². The van der Waals surface area contributed by atoms with Crippen molar-refractivity contribution in [3.05, 3.63) is 59.1 Å². The van der Waals surface area contributed by atoms with Crippen LogP contribution in [0.15, 0.2) is 53.4 Å². The SMILES string of the molecule is CC(C)C[C@H](C(=O)O)N(Cc1ccc(NC(=O)CCN2CCCCC2)cc1)S(=O)(=O)c1ccc(Cl)cc1. The molecule has 2 aromatic rings. The van der Waals surface area contributed by atoms with Crippen LogP contribution in [0.25, 0.3) is 0 Å². The third-order valence-electron chi connectivity index (χ3n) is 6.43. The molecule has 1 saturated heterocycles. The number of carbonyl (C=O) groups excluding carboxylic acids is 1. The van der Waals surface area contributed by atoms with Gasteiger partial charge >= 0.3 is 5.97 Å². The molecule has 0 unspecified atom stereocenters. The zero-order valence-corrected chi connectivity index (χ0v) is 23.0. The summed E-state index contributed by atoms with van der Waals surface area (Å²) in [5, 5.41) is 13.2. The number of benzene rings is 2. The van der Waals surface area contributed by atoms with Crippen LogP contribution < -0.4 is 5.32 Å². The van der Waals surface area contributed by atoms with Crippen LogP contribution >= 0.6 is 11.6 Å². The fourth-order valence-corrected chi connectivity index (χ4v) is 6.14. The molecule has 1 aliphatic heterocycles. The van der Waals surface area contributed by atoms with E-state index in [1.54, 1.807) is 24.3 Å². The summed E-state index contributed by atoms with van der Waals surface area (Å²) in [5.74, 6) is -1.32. The molecular formula is C27H36ClN3O5S. The molecule has 2 N–H and O–H groups in total. The Morgan fingerprint density at radius 3 is 2.22 bits per heavy atom. The second kappa shape index (κ2) is 13.4. The summed E-state index contributed by atoms with van der Waals surface area (Å²) in [7, 11) is -4.13. The van der Waals surface area contributed by atoms with E-state index in [4.69, 9.17) is 11.6 Å². The smallest absolute Gasteiger partial charge is 0.322 e. The molecule has 202 valence electrons. The standard InChI is InChI=1S/C27H36ClN3O5S/c1-20(2)18-25(27(33)34)31(37(35,36)24-12-8-22(28)9-13-24)19-21-6-10-23(11-7-21)29-26(32)14-17-30-15-4-3-5-16-30/h6-13,20,25H,3-5,14-19H2,1-2H3,(H,29,32)(H,33,34)/t25-/m1/s1. The lowest BCUT2D eigenvalue weighted by atomic mass is 10.0. The van der Waals surface area contributed by atoms with Gasteiger partial charge in [0, 0.05) is 30.2 Å². The first-order valence-corrected chi connectivity index (χ1v) is 14.5. The summed E-state index contributed by atoms with van der Waals surface area (Å²) in [6.45, 7) is 6.38. The summed E-state index contributed by atoms with van der Waals surface area (Å²) in [6.07, 6.45) is 4.16. The van der Waals surface area contributed by atoms with Crippen LogP contribution in [0, 0.1) is 5.92 Å². The molecule has 0 spiro atoms. The van der Waals surface area contributed by atoms with Crippen LogP contribution in [0.4, 0.5) is 5.69 Å². The molecule has 1 heterocycles. The Labute approximate surface area is 224 Å². The Morgan fingerprint density at radius 2 is 1.65 bits per heavy atom. The molecule has 0 radical (unpaired) electrons. The number of likely N-dealkylation sites (tertiary alicyclic amines) is 1. The second-order valence-corrected chi connectivity index (χ2v) is 12.2. The normalized spacial score (nSPS) is 15.6. The predicted octanol–water partition coefficient (Wildman–Crippen LogP) is 4.84. The third kappa shape index (κ3) is 8.53.